The lowest BCUT2D eigenvalue weighted by atomic mass is 10.1. The molecule has 0 atom stereocenters. The van der Waals surface area contributed by atoms with E-state index >= 15 is 0 Å². The number of nitrogens with zero attached hydrogens (tertiary/aromatic N) is 3. The summed E-state index contributed by atoms with van der Waals surface area (Å²) in [5.74, 6) is 1.34. The van der Waals surface area contributed by atoms with Crippen LogP contribution in [0.3, 0.4) is 0 Å². The average molecular weight is 413 g/mol. The number of hydrogen-bond acceptors (Lipinski definition) is 6. The Balaban J connectivity index is 1.41. The quantitative estimate of drug-likeness (QED) is 0.463. The van der Waals surface area contributed by atoms with E-state index in [1.807, 2.05) is 32.0 Å². The summed E-state index contributed by atoms with van der Waals surface area (Å²) in [6.45, 7) is 5.44. The first kappa shape index (κ1) is 20.8. The second-order valence-corrected chi connectivity index (χ2v) is 7.39. The number of H-pyrrole nitrogens is 1. The molecule has 3 heterocycles. The van der Waals surface area contributed by atoms with Crippen molar-refractivity contribution in [3.63, 3.8) is 0 Å². The van der Waals surface area contributed by atoms with Crippen molar-refractivity contribution in [2.75, 3.05) is 23.7 Å². The van der Waals surface area contributed by atoms with Crippen molar-refractivity contribution in [2.24, 2.45) is 0 Å². The van der Waals surface area contributed by atoms with Crippen LogP contribution >= 0.6 is 11.6 Å². The first-order valence-corrected chi connectivity index (χ1v) is 9.98. The van der Waals surface area contributed by atoms with Crippen LogP contribution in [-0.4, -0.2) is 33.0 Å². The van der Waals surface area contributed by atoms with Crippen molar-refractivity contribution in [3.05, 3.63) is 74.6 Å². The fraction of sp³-hybridized carbons (Fsp3) is 0.333. The Labute approximate surface area is 175 Å². The molecule has 0 aliphatic heterocycles. The molecule has 0 aliphatic rings. The van der Waals surface area contributed by atoms with Crippen molar-refractivity contribution >= 4 is 23.4 Å². The lowest BCUT2D eigenvalue weighted by Gasteiger charge is -2.09. The van der Waals surface area contributed by atoms with Crippen molar-refractivity contribution < 1.29 is 0 Å². The fourth-order valence-electron chi connectivity index (χ4n) is 2.85. The molecule has 0 radical (unpaired) electrons. The number of anilines is 2. The van der Waals surface area contributed by atoms with Crippen LogP contribution in [-0.2, 0) is 6.42 Å². The van der Waals surface area contributed by atoms with Gasteiger partial charge in [0.15, 0.2) is 0 Å². The molecule has 0 unspecified atom stereocenters. The summed E-state index contributed by atoms with van der Waals surface area (Å²) in [6.07, 6.45) is 7.45. The Hall–Kier alpha value is -2.93. The Morgan fingerprint density at radius 2 is 1.79 bits per heavy atom. The van der Waals surface area contributed by atoms with Crippen LogP contribution in [0.25, 0.3) is 0 Å². The molecule has 152 valence electrons. The molecule has 0 aromatic carbocycles. The van der Waals surface area contributed by atoms with E-state index in [9.17, 15) is 4.79 Å². The first-order chi connectivity index (χ1) is 14.0. The lowest BCUT2D eigenvalue weighted by Crippen LogP contribution is -2.18. The molecule has 8 heteroatoms. The average Bonchev–Trinajstić information content (AvgIpc) is 2.69. The van der Waals surface area contributed by atoms with Gasteiger partial charge in [-0.05, 0) is 49.9 Å². The van der Waals surface area contributed by atoms with Gasteiger partial charge in [-0.2, -0.15) is 0 Å². The molecule has 3 rings (SSSR count). The third-order valence-electron chi connectivity index (χ3n) is 4.47. The molecule has 0 saturated heterocycles. The minimum atomic E-state index is -0.131. The molecule has 0 spiro atoms. The zero-order valence-electron chi connectivity index (χ0n) is 16.6. The number of unbranched alkanes of at least 4 members (excludes halogenated alkanes) is 1. The van der Waals surface area contributed by atoms with Crippen molar-refractivity contribution in [1.29, 1.82) is 0 Å². The van der Waals surface area contributed by atoms with Gasteiger partial charge in [0.1, 0.15) is 5.82 Å². The van der Waals surface area contributed by atoms with E-state index in [0.29, 0.717) is 23.0 Å². The van der Waals surface area contributed by atoms with E-state index < -0.39 is 0 Å². The topological polar surface area (TPSA) is 95.6 Å². The van der Waals surface area contributed by atoms with Crippen LogP contribution < -0.4 is 16.2 Å². The molecule has 0 aliphatic carbocycles. The summed E-state index contributed by atoms with van der Waals surface area (Å²) in [6, 6.07) is 5.80. The van der Waals surface area contributed by atoms with Crippen molar-refractivity contribution in [1.82, 2.24) is 19.9 Å². The van der Waals surface area contributed by atoms with Gasteiger partial charge in [0.2, 0.25) is 5.95 Å². The third kappa shape index (κ3) is 6.29. The predicted molar refractivity (Wildman–Crippen MR) is 117 cm³/mol. The minimum Gasteiger partial charge on any atom is -0.370 e. The zero-order valence-corrected chi connectivity index (χ0v) is 17.4. The highest BCUT2D eigenvalue weighted by atomic mass is 35.5. The van der Waals surface area contributed by atoms with Crippen LogP contribution in [0, 0.1) is 13.8 Å². The fourth-order valence-corrected chi connectivity index (χ4v) is 3.06. The number of aromatic nitrogens is 4. The molecule has 7 nitrogen and oxygen atoms in total. The lowest BCUT2D eigenvalue weighted by molar-refractivity contribution is 0.786. The normalized spacial score (nSPS) is 10.7. The van der Waals surface area contributed by atoms with Gasteiger partial charge in [0, 0.05) is 49.4 Å². The summed E-state index contributed by atoms with van der Waals surface area (Å²) < 4.78 is 0. The standard InChI is InChI=1S/C21H25ClN6O/c1-14-9-18(22)13-26-19(14)23-7-3-4-8-24-21-27-12-17(20(29)28-21)10-16-6-5-15(2)25-11-16/h5-6,9,11-13H,3-4,7-8,10H2,1-2H3,(H,23,26)(H2,24,27,28,29). The maximum atomic E-state index is 12.3. The number of halogens is 1. The molecule has 3 N–H and O–H groups in total. The van der Waals surface area contributed by atoms with Gasteiger partial charge in [-0.25, -0.2) is 9.97 Å². The van der Waals surface area contributed by atoms with E-state index in [1.165, 1.54) is 0 Å². The smallest absolute Gasteiger partial charge is 0.255 e. The Morgan fingerprint density at radius 3 is 2.48 bits per heavy atom. The number of aromatic amines is 1. The van der Waals surface area contributed by atoms with Gasteiger partial charge < -0.3 is 10.6 Å². The highest BCUT2D eigenvalue weighted by molar-refractivity contribution is 6.30. The predicted octanol–water partition coefficient (Wildman–Crippen LogP) is 3.73. The van der Waals surface area contributed by atoms with Gasteiger partial charge in [-0.3, -0.25) is 14.8 Å². The summed E-state index contributed by atoms with van der Waals surface area (Å²) in [5.41, 5.74) is 3.46. The van der Waals surface area contributed by atoms with Gasteiger partial charge >= 0.3 is 0 Å². The van der Waals surface area contributed by atoms with Crippen LogP contribution in [0.1, 0.15) is 35.2 Å². The Bertz CT molecular complexity index is 1000. The number of hydrogen-bond donors (Lipinski definition) is 3. The zero-order chi connectivity index (χ0) is 20.6. The third-order valence-corrected chi connectivity index (χ3v) is 4.68. The monoisotopic (exact) mass is 412 g/mol. The van der Waals surface area contributed by atoms with Crippen molar-refractivity contribution in [3.8, 4) is 0 Å². The second-order valence-electron chi connectivity index (χ2n) is 6.95. The van der Waals surface area contributed by atoms with E-state index in [-0.39, 0.29) is 5.56 Å². The number of aryl methyl sites for hydroxylation is 2. The summed E-state index contributed by atoms with van der Waals surface area (Å²) in [7, 11) is 0. The largest absolute Gasteiger partial charge is 0.370 e. The number of nitrogens with one attached hydrogen (secondary N) is 3. The van der Waals surface area contributed by atoms with E-state index in [4.69, 9.17) is 11.6 Å². The molecule has 0 saturated carbocycles. The molecule has 0 amide bonds. The highest BCUT2D eigenvalue weighted by Gasteiger charge is 2.05. The molecular weight excluding hydrogens is 388 g/mol. The molecule has 0 fully saturated rings. The Kier molecular flexibility index (Phi) is 7.19. The van der Waals surface area contributed by atoms with Crippen LogP contribution in [0.4, 0.5) is 11.8 Å². The van der Waals surface area contributed by atoms with Crippen LogP contribution in [0.5, 0.6) is 0 Å². The van der Waals surface area contributed by atoms with Crippen molar-refractivity contribution in [2.45, 2.75) is 33.1 Å². The number of pyridine rings is 2. The van der Waals surface area contributed by atoms with Gasteiger partial charge in [0.25, 0.3) is 5.56 Å². The minimum absolute atomic E-state index is 0.131. The van der Waals surface area contributed by atoms with E-state index in [1.54, 1.807) is 18.6 Å². The molecule has 3 aromatic rings. The molecule has 3 aromatic heterocycles. The Morgan fingerprint density at radius 1 is 1.00 bits per heavy atom. The molecule has 29 heavy (non-hydrogen) atoms. The highest BCUT2D eigenvalue weighted by Crippen LogP contribution is 2.16. The summed E-state index contributed by atoms with van der Waals surface area (Å²) >= 11 is 5.91. The molecule has 0 bridgehead atoms. The summed E-state index contributed by atoms with van der Waals surface area (Å²) in [5, 5.41) is 7.11. The van der Waals surface area contributed by atoms with Gasteiger partial charge in [0.05, 0.1) is 5.02 Å². The number of rotatable bonds is 9. The maximum absolute atomic E-state index is 12.3. The van der Waals surface area contributed by atoms with Gasteiger partial charge in [-0.15, -0.1) is 0 Å². The first-order valence-electron chi connectivity index (χ1n) is 9.61. The van der Waals surface area contributed by atoms with Crippen LogP contribution in [0.2, 0.25) is 5.02 Å². The summed E-state index contributed by atoms with van der Waals surface area (Å²) in [4.78, 5) is 27.9. The van der Waals surface area contributed by atoms with E-state index in [0.717, 1.165) is 48.6 Å². The van der Waals surface area contributed by atoms with E-state index in [2.05, 4.69) is 30.6 Å². The van der Waals surface area contributed by atoms with Gasteiger partial charge in [-0.1, -0.05) is 17.7 Å². The SMILES string of the molecule is Cc1ccc(Cc2cnc(NCCCCNc3ncc(Cl)cc3C)[nH]c2=O)cn1. The second kappa shape index (κ2) is 10.0. The maximum Gasteiger partial charge on any atom is 0.255 e. The van der Waals surface area contributed by atoms with Crippen LogP contribution in [0.15, 0.2) is 41.6 Å². The molecular formula is C21H25ClN6O.